The first kappa shape index (κ1) is 14.8. The normalized spacial score (nSPS) is 27.5. The summed E-state index contributed by atoms with van der Waals surface area (Å²) in [5.74, 6) is 0.952. The molecule has 0 radical (unpaired) electrons. The molecular formula is C15H28N2O2. The van der Waals surface area contributed by atoms with E-state index < -0.39 is 0 Å². The van der Waals surface area contributed by atoms with Gasteiger partial charge in [0.15, 0.2) is 0 Å². The maximum atomic E-state index is 11.8. The maximum absolute atomic E-state index is 11.8. The topological polar surface area (TPSA) is 41.6 Å². The van der Waals surface area contributed by atoms with E-state index in [1.165, 1.54) is 38.5 Å². The molecule has 2 saturated carbocycles. The molecular weight excluding hydrogens is 240 g/mol. The highest BCUT2D eigenvalue weighted by Crippen LogP contribution is 2.28. The van der Waals surface area contributed by atoms with Crippen molar-refractivity contribution in [3.63, 3.8) is 0 Å². The fraction of sp³-hybridized carbons (Fsp3) is 0.933. The summed E-state index contributed by atoms with van der Waals surface area (Å²) in [6, 6.07) is 0.662. The Labute approximate surface area is 116 Å². The van der Waals surface area contributed by atoms with Gasteiger partial charge >= 0.3 is 0 Å². The van der Waals surface area contributed by atoms with Crippen LogP contribution in [-0.4, -0.2) is 50.2 Å². The average molecular weight is 268 g/mol. The van der Waals surface area contributed by atoms with Crippen LogP contribution in [0.2, 0.25) is 0 Å². The van der Waals surface area contributed by atoms with Gasteiger partial charge in [0.1, 0.15) is 0 Å². The third-order valence-corrected chi connectivity index (χ3v) is 4.57. The van der Waals surface area contributed by atoms with E-state index in [9.17, 15) is 4.79 Å². The summed E-state index contributed by atoms with van der Waals surface area (Å²) in [7, 11) is 3.85. The van der Waals surface area contributed by atoms with Crippen molar-refractivity contribution < 1.29 is 9.53 Å². The second kappa shape index (κ2) is 7.25. The van der Waals surface area contributed by atoms with Crippen molar-refractivity contribution in [3.8, 4) is 0 Å². The van der Waals surface area contributed by atoms with E-state index in [4.69, 9.17) is 4.74 Å². The number of carbonyl (C=O) groups excluding carboxylic acids is 1. The predicted molar refractivity (Wildman–Crippen MR) is 76.0 cm³/mol. The minimum Gasteiger partial charge on any atom is -0.381 e. The zero-order valence-corrected chi connectivity index (χ0v) is 12.4. The van der Waals surface area contributed by atoms with Crippen LogP contribution >= 0.6 is 0 Å². The van der Waals surface area contributed by atoms with E-state index in [1.54, 1.807) is 0 Å². The minimum absolute atomic E-state index is 0.181. The number of carbonyl (C=O) groups is 1. The van der Waals surface area contributed by atoms with E-state index in [0.29, 0.717) is 18.7 Å². The number of methoxy groups -OCH3 is 1. The lowest BCUT2D eigenvalue weighted by atomic mass is 9.85. The zero-order chi connectivity index (χ0) is 13.7. The largest absolute Gasteiger partial charge is 0.381 e. The van der Waals surface area contributed by atoms with Crippen LogP contribution < -0.4 is 5.32 Å². The van der Waals surface area contributed by atoms with E-state index >= 15 is 0 Å². The van der Waals surface area contributed by atoms with Crippen molar-refractivity contribution in [3.05, 3.63) is 0 Å². The molecule has 4 heteroatoms. The number of rotatable bonds is 7. The third-order valence-electron chi connectivity index (χ3n) is 4.57. The summed E-state index contributed by atoms with van der Waals surface area (Å²) in [5.41, 5.74) is 0. The van der Waals surface area contributed by atoms with Crippen LogP contribution in [0.4, 0.5) is 0 Å². The van der Waals surface area contributed by atoms with Crippen LogP contribution in [0, 0.1) is 5.92 Å². The standard InChI is InChI=1S/C15H28N2O2/c1-17(13-5-6-13)11-15(18)16-10-9-12-3-7-14(19-2)8-4-12/h12-14H,3-11H2,1-2H3,(H,16,18). The van der Waals surface area contributed by atoms with Crippen LogP contribution in [0.3, 0.4) is 0 Å². The summed E-state index contributed by atoms with van der Waals surface area (Å²) in [5, 5.41) is 3.06. The minimum atomic E-state index is 0.181. The van der Waals surface area contributed by atoms with Gasteiger partial charge in [-0.25, -0.2) is 0 Å². The number of hydrogen-bond donors (Lipinski definition) is 1. The highest BCUT2D eigenvalue weighted by atomic mass is 16.5. The molecule has 110 valence electrons. The Morgan fingerprint density at radius 3 is 2.47 bits per heavy atom. The van der Waals surface area contributed by atoms with Crippen LogP contribution in [-0.2, 0) is 9.53 Å². The van der Waals surface area contributed by atoms with Gasteiger partial charge in [0.2, 0.25) is 5.91 Å². The fourth-order valence-corrected chi connectivity index (χ4v) is 3.00. The molecule has 19 heavy (non-hydrogen) atoms. The molecule has 0 aliphatic heterocycles. The molecule has 0 atom stereocenters. The van der Waals surface area contributed by atoms with E-state index in [-0.39, 0.29) is 5.91 Å². The monoisotopic (exact) mass is 268 g/mol. The summed E-state index contributed by atoms with van der Waals surface area (Å²) < 4.78 is 5.38. The molecule has 0 saturated heterocycles. The molecule has 0 bridgehead atoms. The van der Waals surface area contributed by atoms with Crippen LogP contribution in [0.1, 0.15) is 44.9 Å². The summed E-state index contributed by atoms with van der Waals surface area (Å²) >= 11 is 0. The number of ether oxygens (including phenoxy) is 1. The Balaban J connectivity index is 1.52. The maximum Gasteiger partial charge on any atom is 0.234 e. The van der Waals surface area contributed by atoms with Gasteiger partial charge in [-0.15, -0.1) is 0 Å². The highest BCUT2D eigenvalue weighted by Gasteiger charge is 2.27. The summed E-state index contributed by atoms with van der Waals surface area (Å²) in [6.07, 6.45) is 8.96. The van der Waals surface area contributed by atoms with Crippen molar-refractivity contribution in [2.24, 2.45) is 5.92 Å². The Hall–Kier alpha value is -0.610. The van der Waals surface area contributed by atoms with E-state index in [0.717, 1.165) is 18.9 Å². The first-order chi connectivity index (χ1) is 9.19. The van der Waals surface area contributed by atoms with Crippen molar-refractivity contribution in [2.45, 2.75) is 57.1 Å². The lowest BCUT2D eigenvalue weighted by Crippen LogP contribution is -2.37. The molecule has 0 unspecified atom stereocenters. The Kier molecular flexibility index (Phi) is 5.64. The first-order valence-electron chi connectivity index (χ1n) is 7.68. The molecule has 0 heterocycles. The van der Waals surface area contributed by atoms with Gasteiger partial charge in [-0.05, 0) is 57.9 Å². The zero-order valence-electron chi connectivity index (χ0n) is 12.4. The van der Waals surface area contributed by atoms with E-state index in [2.05, 4.69) is 10.2 Å². The van der Waals surface area contributed by atoms with Gasteiger partial charge in [-0.1, -0.05) is 0 Å². The number of likely N-dealkylation sites (N-methyl/N-ethyl adjacent to an activating group) is 1. The molecule has 1 N–H and O–H groups in total. The molecule has 4 nitrogen and oxygen atoms in total. The average Bonchev–Trinajstić information content (AvgIpc) is 3.24. The predicted octanol–water partition coefficient (Wildman–Crippen LogP) is 1.79. The second-order valence-corrected chi connectivity index (χ2v) is 6.16. The highest BCUT2D eigenvalue weighted by molar-refractivity contribution is 5.78. The van der Waals surface area contributed by atoms with Crippen LogP contribution in [0.5, 0.6) is 0 Å². The number of nitrogens with zero attached hydrogens (tertiary/aromatic N) is 1. The number of nitrogens with one attached hydrogen (secondary N) is 1. The smallest absolute Gasteiger partial charge is 0.234 e. The Morgan fingerprint density at radius 2 is 1.89 bits per heavy atom. The molecule has 2 fully saturated rings. The van der Waals surface area contributed by atoms with Gasteiger partial charge in [-0.2, -0.15) is 0 Å². The van der Waals surface area contributed by atoms with Crippen molar-refractivity contribution in [1.82, 2.24) is 10.2 Å². The molecule has 2 rings (SSSR count). The fourth-order valence-electron chi connectivity index (χ4n) is 3.00. The lowest BCUT2D eigenvalue weighted by molar-refractivity contribution is -0.122. The second-order valence-electron chi connectivity index (χ2n) is 6.16. The van der Waals surface area contributed by atoms with Gasteiger partial charge in [0, 0.05) is 19.7 Å². The Bertz CT molecular complexity index is 284. The van der Waals surface area contributed by atoms with Crippen LogP contribution in [0.15, 0.2) is 0 Å². The number of hydrogen-bond acceptors (Lipinski definition) is 3. The lowest BCUT2D eigenvalue weighted by Gasteiger charge is -2.27. The quantitative estimate of drug-likeness (QED) is 0.765. The van der Waals surface area contributed by atoms with Gasteiger partial charge in [-0.3, -0.25) is 9.69 Å². The molecule has 2 aliphatic rings. The summed E-state index contributed by atoms with van der Waals surface area (Å²) in [6.45, 7) is 1.39. The van der Waals surface area contributed by atoms with Gasteiger partial charge in [0.25, 0.3) is 0 Å². The van der Waals surface area contributed by atoms with Gasteiger partial charge in [0.05, 0.1) is 12.6 Å². The van der Waals surface area contributed by atoms with Crippen molar-refractivity contribution >= 4 is 5.91 Å². The molecule has 0 aromatic carbocycles. The van der Waals surface area contributed by atoms with Gasteiger partial charge < -0.3 is 10.1 Å². The number of amides is 1. The van der Waals surface area contributed by atoms with Crippen molar-refractivity contribution in [1.29, 1.82) is 0 Å². The molecule has 0 aromatic heterocycles. The molecule has 0 spiro atoms. The van der Waals surface area contributed by atoms with Crippen molar-refractivity contribution in [2.75, 3.05) is 27.2 Å². The SMILES string of the molecule is COC1CCC(CCNC(=O)CN(C)C2CC2)CC1. The summed E-state index contributed by atoms with van der Waals surface area (Å²) in [4.78, 5) is 13.9. The molecule has 2 aliphatic carbocycles. The van der Waals surface area contributed by atoms with Crippen LogP contribution in [0.25, 0.3) is 0 Å². The Morgan fingerprint density at radius 1 is 1.21 bits per heavy atom. The third kappa shape index (κ3) is 5.11. The first-order valence-corrected chi connectivity index (χ1v) is 7.68. The molecule has 0 aromatic rings. The van der Waals surface area contributed by atoms with E-state index in [1.807, 2.05) is 14.2 Å². The molecule has 1 amide bonds.